The molecule has 1 saturated heterocycles. The number of para-hydroxylation sites is 2. The van der Waals surface area contributed by atoms with Crippen molar-refractivity contribution in [3.8, 4) is 5.75 Å². The minimum absolute atomic E-state index is 0.0707. The molecule has 1 amide bonds. The lowest BCUT2D eigenvalue weighted by molar-refractivity contribution is 0.0933. The Bertz CT molecular complexity index is 932. The van der Waals surface area contributed by atoms with Crippen molar-refractivity contribution in [2.75, 3.05) is 31.6 Å². The van der Waals surface area contributed by atoms with Crippen molar-refractivity contribution >= 4 is 11.6 Å². The fourth-order valence-electron chi connectivity index (χ4n) is 4.19. The second-order valence-corrected chi connectivity index (χ2v) is 7.62. The van der Waals surface area contributed by atoms with Gasteiger partial charge in [0.2, 0.25) is 0 Å². The van der Waals surface area contributed by atoms with E-state index < -0.39 is 0 Å². The summed E-state index contributed by atoms with van der Waals surface area (Å²) >= 11 is 0. The van der Waals surface area contributed by atoms with Crippen molar-refractivity contribution in [2.45, 2.75) is 25.3 Å². The van der Waals surface area contributed by atoms with E-state index in [1.165, 1.54) is 5.56 Å². The van der Waals surface area contributed by atoms with E-state index in [0.717, 1.165) is 50.3 Å². The van der Waals surface area contributed by atoms with E-state index >= 15 is 0 Å². The van der Waals surface area contributed by atoms with E-state index in [4.69, 9.17) is 9.15 Å². The SMILES string of the molecule is [11CH3]Oc1ccccc1CCN1CCC(N(C(=O)c2ccco2)c2ccccc2)CC1. The molecule has 1 fully saturated rings. The van der Waals surface area contributed by atoms with E-state index in [2.05, 4.69) is 17.0 Å². The van der Waals surface area contributed by atoms with Gasteiger partial charge in [-0.2, -0.15) is 0 Å². The predicted octanol–water partition coefficient (Wildman–Crippen LogP) is 4.64. The van der Waals surface area contributed by atoms with E-state index in [0.29, 0.717) is 5.76 Å². The van der Waals surface area contributed by atoms with Crippen LogP contribution in [0.25, 0.3) is 0 Å². The van der Waals surface area contributed by atoms with Crippen molar-refractivity contribution in [1.29, 1.82) is 0 Å². The molecule has 2 heterocycles. The highest BCUT2D eigenvalue weighted by Crippen LogP contribution is 2.26. The van der Waals surface area contributed by atoms with E-state index in [1.54, 1.807) is 25.5 Å². The van der Waals surface area contributed by atoms with Gasteiger partial charge in [0.1, 0.15) is 5.75 Å². The Labute approximate surface area is 177 Å². The molecule has 0 spiro atoms. The third-order valence-electron chi connectivity index (χ3n) is 5.80. The first-order valence-electron chi connectivity index (χ1n) is 10.5. The number of methoxy groups -OCH3 is 1. The van der Waals surface area contributed by atoms with Crippen LogP contribution in [0.15, 0.2) is 77.4 Å². The summed E-state index contributed by atoms with van der Waals surface area (Å²) in [7, 11) is 1.72. The molecular weight excluding hydrogens is 375 g/mol. The Morgan fingerprint density at radius 2 is 1.77 bits per heavy atom. The number of nitrogens with zero attached hydrogens (tertiary/aromatic N) is 2. The van der Waals surface area contributed by atoms with Crippen LogP contribution in [0, 0.1) is 0 Å². The Morgan fingerprint density at radius 3 is 2.47 bits per heavy atom. The molecule has 1 aliphatic heterocycles. The van der Waals surface area contributed by atoms with Gasteiger partial charge in [0.05, 0.1) is 13.4 Å². The molecule has 3 aromatic rings. The first kappa shape index (κ1) is 20.2. The zero-order chi connectivity index (χ0) is 20.8. The topological polar surface area (TPSA) is 45.9 Å². The zero-order valence-electron chi connectivity index (χ0n) is 17.4. The van der Waals surface area contributed by atoms with Gasteiger partial charge >= 0.3 is 0 Å². The minimum atomic E-state index is -0.0707. The van der Waals surface area contributed by atoms with Crippen LogP contribution >= 0.6 is 0 Å². The molecule has 0 atom stereocenters. The van der Waals surface area contributed by atoms with Crippen molar-refractivity contribution in [3.05, 3.63) is 84.3 Å². The number of benzene rings is 2. The highest BCUT2D eigenvalue weighted by Gasteiger charge is 2.30. The molecule has 1 aliphatic rings. The molecule has 1 aromatic heterocycles. The molecule has 0 unspecified atom stereocenters. The van der Waals surface area contributed by atoms with Crippen LogP contribution in [-0.4, -0.2) is 43.6 Å². The van der Waals surface area contributed by atoms with Crippen molar-refractivity contribution < 1.29 is 13.9 Å². The summed E-state index contributed by atoms with van der Waals surface area (Å²) in [5.41, 5.74) is 2.16. The van der Waals surface area contributed by atoms with Gasteiger partial charge < -0.3 is 19.0 Å². The number of likely N-dealkylation sites (tertiary alicyclic amines) is 1. The highest BCUT2D eigenvalue weighted by molar-refractivity contribution is 6.04. The average molecular weight is 404 g/mol. The molecule has 0 N–H and O–H groups in total. The smallest absolute Gasteiger partial charge is 0.294 e. The molecule has 0 radical (unpaired) electrons. The van der Waals surface area contributed by atoms with Crippen LogP contribution in [0.2, 0.25) is 0 Å². The summed E-state index contributed by atoms with van der Waals surface area (Å²) in [5, 5.41) is 0. The monoisotopic (exact) mass is 403 g/mol. The van der Waals surface area contributed by atoms with Gasteiger partial charge in [-0.15, -0.1) is 0 Å². The maximum atomic E-state index is 13.2. The van der Waals surface area contributed by atoms with Crippen LogP contribution in [0.1, 0.15) is 29.0 Å². The van der Waals surface area contributed by atoms with Crippen LogP contribution in [0.4, 0.5) is 5.69 Å². The van der Waals surface area contributed by atoms with E-state index in [-0.39, 0.29) is 11.9 Å². The second kappa shape index (κ2) is 9.63. The maximum Gasteiger partial charge on any atom is 0.294 e. The fourth-order valence-corrected chi connectivity index (χ4v) is 4.19. The van der Waals surface area contributed by atoms with Gasteiger partial charge in [0, 0.05) is 31.4 Å². The lowest BCUT2D eigenvalue weighted by Crippen LogP contribution is -2.48. The molecule has 0 aliphatic carbocycles. The van der Waals surface area contributed by atoms with Crippen molar-refractivity contribution in [1.82, 2.24) is 4.90 Å². The third kappa shape index (κ3) is 4.57. The number of piperidine rings is 1. The number of anilines is 1. The normalized spacial score (nSPS) is 15.1. The number of furan rings is 1. The Hall–Kier alpha value is -3.05. The van der Waals surface area contributed by atoms with Crippen LogP contribution < -0.4 is 9.64 Å². The van der Waals surface area contributed by atoms with E-state index in [1.807, 2.05) is 47.4 Å². The van der Waals surface area contributed by atoms with Gasteiger partial charge in [-0.1, -0.05) is 36.4 Å². The number of hydrogen-bond acceptors (Lipinski definition) is 4. The van der Waals surface area contributed by atoms with Crippen LogP contribution in [0.5, 0.6) is 5.75 Å². The summed E-state index contributed by atoms with van der Waals surface area (Å²) in [6.07, 6.45) is 4.39. The van der Waals surface area contributed by atoms with Gasteiger partial charge in [-0.05, 0) is 55.2 Å². The fraction of sp³-hybridized carbons (Fsp3) is 0.320. The summed E-state index contributed by atoms with van der Waals surface area (Å²) < 4.78 is 10.9. The van der Waals surface area contributed by atoms with Gasteiger partial charge in [0.15, 0.2) is 5.76 Å². The molecule has 0 saturated carbocycles. The quantitative estimate of drug-likeness (QED) is 0.576. The van der Waals surface area contributed by atoms with Crippen molar-refractivity contribution in [3.63, 3.8) is 0 Å². The molecule has 2 aromatic carbocycles. The first-order chi connectivity index (χ1) is 14.8. The minimum Gasteiger partial charge on any atom is -0.496 e. The predicted molar refractivity (Wildman–Crippen MR) is 118 cm³/mol. The maximum absolute atomic E-state index is 13.2. The summed E-state index contributed by atoms with van der Waals surface area (Å²) in [4.78, 5) is 17.6. The Balaban J connectivity index is 1.41. The second-order valence-electron chi connectivity index (χ2n) is 7.62. The lowest BCUT2D eigenvalue weighted by Gasteiger charge is -2.38. The number of hydrogen-bond donors (Lipinski definition) is 0. The lowest BCUT2D eigenvalue weighted by atomic mass is 10.0. The average Bonchev–Trinajstić information content (AvgIpc) is 3.35. The highest BCUT2D eigenvalue weighted by atomic mass is 16.4. The molecule has 30 heavy (non-hydrogen) atoms. The zero-order valence-corrected chi connectivity index (χ0v) is 17.4. The molecule has 5 heteroatoms. The number of carbonyl (C=O) groups is 1. The first-order valence-corrected chi connectivity index (χ1v) is 10.5. The van der Waals surface area contributed by atoms with Crippen LogP contribution in [0.3, 0.4) is 0 Å². The standard InChI is InChI=1S/C25H28N2O3/c1-29-23-11-6-5-8-20(23)13-16-26-17-14-22(15-18-26)27(21-9-3-2-4-10-21)25(28)24-12-7-19-30-24/h2-12,19,22H,13-18H2,1H3/i1-1. The third-order valence-corrected chi connectivity index (χ3v) is 5.80. The summed E-state index contributed by atoms with van der Waals surface area (Å²) in [6.45, 7) is 2.92. The van der Waals surface area contributed by atoms with Crippen LogP contribution in [-0.2, 0) is 6.42 Å². The molecule has 0 bridgehead atoms. The number of ether oxygens (including phenoxy) is 1. The summed E-state index contributed by atoms with van der Waals surface area (Å²) in [5.74, 6) is 1.27. The summed E-state index contributed by atoms with van der Waals surface area (Å²) in [6, 6.07) is 21.8. The number of rotatable bonds is 7. The number of amides is 1. The Morgan fingerprint density at radius 1 is 1.03 bits per heavy atom. The molecule has 156 valence electrons. The molecule has 4 rings (SSSR count). The van der Waals surface area contributed by atoms with E-state index in [9.17, 15) is 4.79 Å². The largest absolute Gasteiger partial charge is 0.496 e. The Kier molecular flexibility index (Phi) is 6.50. The molecule has 5 nitrogen and oxygen atoms in total. The molecular formula is C25H28N2O3. The van der Waals surface area contributed by atoms with Gasteiger partial charge in [-0.25, -0.2) is 0 Å². The van der Waals surface area contributed by atoms with Crippen molar-refractivity contribution in [2.24, 2.45) is 0 Å². The van der Waals surface area contributed by atoms with Gasteiger partial charge in [0.25, 0.3) is 5.91 Å². The van der Waals surface area contributed by atoms with Gasteiger partial charge in [-0.3, -0.25) is 4.79 Å². The number of carbonyl (C=O) groups excluding carboxylic acids is 1.